The summed E-state index contributed by atoms with van der Waals surface area (Å²) in [5.74, 6) is 0. The van der Waals surface area contributed by atoms with Gasteiger partial charge in [0.2, 0.25) is 0 Å². The van der Waals surface area contributed by atoms with Crippen LogP contribution in [0.25, 0.3) is 60.9 Å². The van der Waals surface area contributed by atoms with Crippen molar-refractivity contribution in [3.8, 4) is 39.1 Å². The van der Waals surface area contributed by atoms with Crippen molar-refractivity contribution in [2.45, 2.75) is 0 Å². The Kier molecular flexibility index (Phi) is 8.87. The van der Waals surface area contributed by atoms with E-state index < -0.39 is 8.07 Å². The number of rotatable bonds is 7. The highest BCUT2D eigenvalue weighted by atomic mass is 28.3. The normalized spacial score (nSPS) is 12.9. The second-order valence-corrected chi connectivity index (χ2v) is 20.1. The summed E-state index contributed by atoms with van der Waals surface area (Å²) in [4.78, 5) is 2.49. The first kappa shape index (κ1) is 36.8. The maximum absolute atomic E-state index is 2.93. The first-order chi connectivity index (χ1) is 31.3. The van der Waals surface area contributed by atoms with Gasteiger partial charge in [-0.1, -0.05) is 206 Å². The van der Waals surface area contributed by atoms with E-state index in [1.165, 1.54) is 87.3 Å². The number of hydrogen-bond acceptors (Lipinski definition) is 1. The highest BCUT2D eigenvalue weighted by Crippen LogP contribution is 2.43. The van der Waals surface area contributed by atoms with E-state index in [4.69, 9.17) is 0 Å². The number of benzene rings is 10. The second-order valence-electron chi connectivity index (χ2n) is 16.4. The number of para-hydroxylation sites is 3. The smallest absolute Gasteiger partial charge is 0.184 e. The fourth-order valence-corrected chi connectivity index (χ4v) is 15.5. The zero-order valence-corrected chi connectivity index (χ0v) is 35.6. The van der Waals surface area contributed by atoms with Gasteiger partial charge in [-0.15, -0.1) is 0 Å². The van der Waals surface area contributed by atoms with Crippen molar-refractivity contribution in [3.63, 3.8) is 0 Å². The first-order valence-electron chi connectivity index (χ1n) is 21.8. The Morgan fingerprint density at radius 1 is 0.302 bits per heavy atom. The summed E-state index contributed by atoms with van der Waals surface area (Å²) in [6.45, 7) is 0. The van der Waals surface area contributed by atoms with E-state index in [0.717, 1.165) is 11.4 Å². The molecule has 0 fully saturated rings. The van der Waals surface area contributed by atoms with Crippen molar-refractivity contribution in [3.05, 3.63) is 255 Å². The van der Waals surface area contributed by atoms with Gasteiger partial charge in [0.1, 0.15) is 0 Å². The van der Waals surface area contributed by atoms with Crippen LogP contribution in [-0.2, 0) is 0 Å². The summed E-state index contributed by atoms with van der Waals surface area (Å²) in [7, 11) is -2.93. The molecule has 1 aromatic heterocycles. The summed E-state index contributed by atoms with van der Waals surface area (Å²) >= 11 is 0. The molecule has 0 N–H and O–H groups in total. The monoisotopic (exact) mass is 818 g/mol. The molecule has 296 valence electrons. The molecule has 0 saturated heterocycles. The SMILES string of the molecule is c1ccc(-c2cccc(-c3ccc4c5ccccc5n(-c5ccc6c(c5)[Si](c5ccccc5)(c5ccccc5)c5ccccc5N6c5ccccc5)c4c3)c2-c2ccccc2)cc1. The van der Waals surface area contributed by atoms with Crippen LogP contribution in [-0.4, -0.2) is 12.6 Å². The lowest BCUT2D eigenvalue weighted by Crippen LogP contribution is -2.77. The van der Waals surface area contributed by atoms with Crippen LogP contribution in [0.4, 0.5) is 17.1 Å². The first-order valence-corrected chi connectivity index (χ1v) is 23.8. The molecule has 0 aliphatic carbocycles. The summed E-state index contributed by atoms with van der Waals surface area (Å²) in [6, 6.07) is 94.3. The van der Waals surface area contributed by atoms with Gasteiger partial charge in [-0.3, -0.25) is 0 Å². The molecule has 0 unspecified atom stereocenters. The average molecular weight is 819 g/mol. The maximum atomic E-state index is 2.54. The molecule has 12 rings (SSSR count). The van der Waals surface area contributed by atoms with Gasteiger partial charge in [-0.2, -0.15) is 0 Å². The number of fused-ring (bicyclic) bond motifs is 5. The Bertz CT molecular complexity index is 3400. The third-order valence-electron chi connectivity index (χ3n) is 13.1. The third kappa shape index (κ3) is 5.85. The van der Waals surface area contributed by atoms with Crippen LogP contribution in [0.3, 0.4) is 0 Å². The van der Waals surface area contributed by atoms with Gasteiger partial charge in [0.05, 0.1) is 11.0 Å². The Morgan fingerprint density at radius 2 is 0.841 bits per heavy atom. The predicted molar refractivity (Wildman–Crippen MR) is 269 cm³/mol. The summed E-state index contributed by atoms with van der Waals surface area (Å²) in [5, 5.41) is 7.95. The lowest BCUT2D eigenvalue weighted by molar-refractivity contribution is 1.18. The molecule has 11 aromatic rings. The van der Waals surface area contributed by atoms with E-state index >= 15 is 0 Å². The number of anilines is 3. The zero-order valence-electron chi connectivity index (χ0n) is 34.6. The molecule has 0 radical (unpaired) electrons. The molecule has 0 saturated carbocycles. The molecule has 63 heavy (non-hydrogen) atoms. The van der Waals surface area contributed by atoms with Gasteiger partial charge in [0, 0.05) is 33.5 Å². The molecule has 2 nitrogen and oxygen atoms in total. The van der Waals surface area contributed by atoms with Gasteiger partial charge in [-0.25, -0.2) is 0 Å². The van der Waals surface area contributed by atoms with Gasteiger partial charge in [0.15, 0.2) is 8.07 Å². The molecule has 1 aliphatic rings. The van der Waals surface area contributed by atoms with Crippen LogP contribution in [0.15, 0.2) is 255 Å². The topological polar surface area (TPSA) is 8.17 Å². The van der Waals surface area contributed by atoms with Gasteiger partial charge in [0.25, 0.3) is 0 Å². The quantitative estimate of drug-likeness (QED) is 0.145. The maximum Gasteiger partial charge on any atom is 0.184 e. The van der Waals surface area contributed by atoms with Crippen LogP contribution >= 0.6 is 0 Å². The minimum Gasteiger partial charge on any atom is -0.311 e. The second kappa shape index (κ2) is 15.2. The van der Waals surface area contributed by atoms with Crippen molar-refractivity contribution in [1.82, 2.24) is 4.57 Å². The molecule has 3 heteroatoms. The van der Waals surface area contributed by atoms with E-state index in [9.17, 15) is 0 Å². The van der Waals surface area contributed by atoms with Crippen molar-refractivity contribution < 1.29 is 0 Å². The molecule has 0 bridgehead atoms. The largest absolute Gasteiger partial charge is 0.311 e. The highest BCUT2D eigenvalue weighted by Gasteiger charge is 2.49. The summed E-state index contributed by atoms with van der Waals surface area (Å²) in [5.41, 5.74) is 14.4. The van der Waals surface area contributed by atoms with Gasteiger partial charge in [-0.05, 0) is 103 Å². The number of nitrogens with zero attached hydrogens (tertiary/aromatic N) is 2. The fraction of sp³-hybridized carbons (Fsp3) is 0. The fourth-order valence-electron chi connectivity index (χ4n) is 10.4. The van der Waals surface area contributed by atoms with Crippen LogP contribution in [0, 0.1) is 0 Å². The Balaban J connectivity index is 1.16. The van der Waals surface area contributed by atoms with Crippen LogP contribution in [0.5, 0.6) is 0 Å². The van der Waals surface area contributed by atoms with Crippen LogP contribution in [0.2, 0.25) is 0 Å². The van der Waals surface area contributed by atoms with E-state index in [1.54, 1.807) is 0 Å². The van der Waals surface area contributed by atoms with Gasteiger partial charge < -0.3 is 9.47 Å². The van der Waals surface area contributed by atoms with Crippen molar-refractivity contribution in [2.24, 2.45) is 0 Å². The lowest BCUT2D eigenvalue weighted by Gasteiger charge is -2.45. The summed E-state index contributed by atoms with van der Waals surface area (Å²) < 4.78 is 2.51. The van der Waals surface area contributed by atoms with Crippen molar-refractivity contribution in [2.75, 3.05) is 4.90 Å². The third-order valence-corrected chi connectivity index (χ3v) is 17.9. The Morgan fingerprint density at radius 3 is 1.54 bits per heavy atom. The summed E-state index contributed by atoms with van der Waals surface area (Å²) in [6.07, 6.45) is 0. The van der Waals surface area contributed by atoms with E-state index in [-0.39, 0.29) is 0 Å². The minimum absolute atomic E-state index is 1.15. The molecule has 0 amide bonds. The molecule has 0 spiro atoms. The van der Waals surface area contributed by atoms with Crippen molar-refractivity contribution >= 4 is 67.7 Å². The van der Waals surface area contributed by atoms with Crippen LogP contribution in [0.1, 0.15) is 0 Å². The highest BCUT2D eigenvalue weighted by molar-refractivity contribution is 7.21. The number of hydrogen-bond donors (Lipinski definition) is 0. The molecule has 10 aromatic carbocycles. The lowest BCUT2D eigenvalue weighted by atomic mass is 9.87. The minimum atomic E-state index is -2.93. The van der Waals surface area contributed by atoms with Gasteiger partial charge >= 0.3 is 0 Å². The molecule has 2 heterocycles. The predicted octanol–water partition coefficient (Wildman–Crippen LogP) is 12.9. The molecular formula is C60H42N2Si. The Labute approximate surface area is 369 Å². The average Bonchev–Trinajstić information content (AvgIpc) is 3.70. The Hall–Kier alpha value is -7.98. The van der Waals surface area contributed by atoms with Crippen molar-refractivity contribution in [1.29, 1.82) is 0 Å². The zero-order chi connectivity index (χ0) is 41.7. The number of aromatic nitrogens is 1. The molecule has 1 aliphatic heterocycles. The molecule has 0 atom stereocenters. The molecular weight excluding hydrogens is 777 g/mol. The van der Waals surface area contributed by atoms with Crippen LogP contribution < -0.4 is 25.6 Å². The standard InChI is InChI=1S/C60H42N2Si/c1-6-21-43(22-7-1)50-32-20-33-51(60(50)44-23-8-2-9-24-44)45-37-39-53-52-31-16-17-34-54(52)62(57(53)41-45)47-38-40-56-59(42-47)63(48-27-12-4-13-28-48,49-29-14-5-15-30-49)58-36-19-18-35-55(58)61(56)46-25-10-3-11-26-46/h1-42H. The van der Waals surface area contributed by atoms with E-state index in [1.807, 2.05) is 0 Å². The van der Waals surface area contributed by atoms with E-state index in [2.05, 4.69) is 264 Å². The van der Waals surface area contributed by atoms with E-state index in [0.29, 0.717) is 0 Å².